The van der Waals surface area contributed by atoms with Gasteiger partial charge in [-0.05, 0) is 26.3 Å². The second kappa shape index (κ2) is 6.82. The van der Waals surface area contributed by atoms with Crippen molar-refractivity contribution in [2.75, 3.05) is 0 Å². The summed E-state index contributed by atoms with van der Waals surface area (Å²) in [6.07, 6.45) is 1.94. The van der Waals surface area contributed by atoms with Gasteiger partial charge in [0.15, 0.2) is 0 Å². The Bertz CT molecular complexity index is 808. The Labute approximate surface area is 152 Å². The van der Waals surface area contributed by atoms with Crippen LogP contribution >= 0.6 is 0 Å². The Kier molecular flexibility index (Phi) is 4.71. The molecule has 2 aromatic rings. The lowest BCUT2D eigenvalue weighted by atomic mass is 10.0. The maximum Gasteiger partial charge on any atom is 0.326 e. The van der Waals surface area contributed by atoms with Crippen LogP contribution in [0.25, 0.3) is 0 Å². The number of hydrogen-bond acceptors (Lipinski definition) is 3. The number of rotatable bonds is 3. The molecule has 1 atom stereocenters. The molecule has 138 valence electrons. The Morgan fingerprint density at radius 3 is 2.58 bits per heavy atom. The fourth-order valence-corrected chi connectivity index (χ4v) is 3.11. The predicted molar refractivity (Wildman–Crippen MR) is 96.7 cm³/mol. The zero-order valence-electron chi connectivity index (χ0n) is 15.3. The molecule has 1 aliphatic heterocycles. The number of hydrogen-bond donors (Lipinski definition) is 2. The molecule has 0 bridgehead atoms. The van der Waals surface area contributed by atoms with Gasteiger partial charge in [0.05, 0.1) is 24.3 Å². The van der Waals surface area contributed by atoms with E-state index in [0.717, 1.165) is 17.0 Å². The molecule has 3 rings (SSSR count). The minimum atomic E-state index is -1.02. The molecule has 1 aromatic heterocycles. The van der Waals surface area contributed by atoms with E-state index in [4.69, 9.17) is 0 Å². The molecule has 0 unspecified atom stereocenters. The molecular weight excluding hydrogens is 332 g/mol. The average Bonchev–Trinajstić information content (AvgIpc) is 2.95. The predicted octanol–water partition coefficient (Wildman–Crippen LogP) is 2.25. The van der Waals surface area contributed by atoms with Gasteiger partial charge in [0, 0.05) is 18.5 Å². The van der Waals surface area contributed by atoms with E-state index in [1.165, 1.54) is 4.90 Å². The van der Waals surface area contributed by atoms with Crippen molar-refractivity contribution in [1.82, 2.24) is 19.8 Å². The fraction of sp³-hybridized carbons (Fsp3) is 0.421. The molecule has 7 heteroatoms. The van der Waals surface area contributed by atoms with E-state index in [2.05, 4.69) is 10.3 Å². The van der Waals surface area contributed by atoms with Crippen LogP contribution in [0, 0.1) is 0 Å². The molecule has 1 aromatic carbocycles. The Balaban J connectivity index is 1.87. The maximum atomic E-state index is 12.7. The topological polar surface area (TPSA) is 87.5 Å². The molecule has 26 heavy (non-hydrogen) atoms. The molecule has 2 heterocycles. The third-order valence-corrected chi connectivity index (χ3v) is 4.34. The van der Waals surface area contributed by atoms with Crippen LogP contribution in [-0.4, -0.2) is 43.1 Å². The standard InChI is InChI=1S/C19H24N4O3/c1-19(2,3)21-18(26)23-11-16-14(9-15(23)17(24)25)20-12-22(16)10-13-7-5-4-6-8-13/h4-8,12,15H,9-11H2,1-3H3,(H,21,26)(H,24,25)/t15-/m0/s1. The second-order valence-electron chi connectivity index (χ2n) is 7.62. The van der Waals surface area contributed by atoms with E-state index in [0.29, 0.717) is 6.54 Å². The van der Waals surface area contributed by atoms with Crippen molar-refractivity contribution in [3.63, 3.8) is 0 Å². The van der Waals surface area contributed by atoms with E-state index in [9.17, 15) is 14.7 Å². The molecule has 7 nitrogen and oxygen atoms in total. The molecule has 2 N–H and O–H groups in total. The summed E-state index contributed by atoms with van der Waals surface area (Å²) < 4.78 is 1.99. The minimum absolute atomic E-state index is 0.212. The lowest BCUT2D eigenvalue weighted by Crippen LogP contribution is -2.56. The first-order valence-corrected chi connectivity index (χ1v) is 8.63. The molecule has 0 saturated carbocycles. The van der Waals surface area contributed by atoms with Gasteiger partial charge in [0.25, 0.3) is 0 Å². The van der Waals surface area contributed by atoms with Crippen LogP contribution in [0.2, 0.25) is 0 Å². The van der Waals surface area contributed by atoms with E-state index in [1.807, 2.05) is 55.7 Å². The summed E-state index contributed by atoms with van der Waals surface area (Å²) in [5.41, 5.74) is 2.31. The average molecular weight is 356 g/mol. The quantitative estimate of drug-likeness (QED) is 0.883. The van der Waals surface area contributed by atoms with E-state index >= 15 is 0 Å². The molecule has 0 radical (unpaired) electrons. The number of benzene rings is 1. The number of urea groups is 1. The van der Waals surface area contributed by atoms with Gasteiger partial charge in [0.2, 0.25) is 0 Å². The second-order valence-corrected chi connectivity index (χ2v) is 7.62. The van der Waals surface area contributed by atoms with Crippen LogP contribution in [0.3, 0.4) is 0 Å². The monoisotopic (exact) mass is 356 g/mol. The van der Waals surface area contributed by atoms with E-state index in [1.54, 1.807) is 6.33 Å². The fourth-order valence-electron chi connectivity index (χ4n) is 3.11. The van der Waals surface area contributed by atoms with Gasteiger partial charge < -0.3 is 19.9 Å². The van der Waals surface area contributed by atoms with Crippen molar-refractivity contribution >= 4 is 12.0 Å². The summed E-state index contributed by atoms with van der Waals surface area (Å²) in [5, 5.41) is 12.4. The van der Waals surface area contributed by atoms with Crippen LogP contribution in [0.5, 0.6) is 0 Å². The van der Waals surface area contributed by atoms with Crippen LogP contribution < -0.4 is 5.32 Å². The number of aliphatic carboxylic acids is 1. The number of aromatic nitrogens is 2. The van der Waals surface area contributed by atoms with Crippen molar-refractivity contribution in [3.05, 3.63) is 53.6 Å². The summed E-state index contributed by atoms with van der Waals surface area (Å²) in [6.45, 7) is 6.47. The van der Waals surface area contributed by atoms with Crippen molar-refractivity contribution in [3.8, 4) is 0 Å². The van der Waals surface area contributed by atoms with E-state index < -0.39 is 17.6 Å². The minimum Gasteiger partial charge on any atom is -0.480 e. The molecule has 1 aliphatic rings. The van der Waals surface area contributed by atoms with Crippen LogP contribution in [0.15, 0.2) is 36.7 Å². The number of carbonyl (C=O) groups excluding carboxylic acids is 1. The number of carboxylic acids is 1. The zero-order valence-corrected chi connectivity index (χ0v) is 15.3. The van der Waals surface area contributed by atoms with Crippen molar-refractivity contribution in [2.24, 2.45) is 0 Å². The van der Waals surface area contributed by atoms with Crippen LogP contribution in [0.4, 0.5) is 4.79 Å². The first-order valence-electron chi connectivity index (χ1n) is 8.63. The number of imidazole rings is 1. The molecule has 0 spiro atoms. The van der Waals surface area contributed by atoms with Gasteiger partial charge in [-0.3, -0.25) is 0 Å². The van der Waals surface area contributed by atoms with Crippen LogP contribution in [-0.2, 0) is 24.3 Å². The van der Waals surface area contributed by atoms with Gasteiger partial charge in [-0.2, -0.15) is 0 Å². The highest BCUT2D eigenvalue weighted by molar-refractivity contribution is 5.83. The van der Waals surface area contributed by atoms with Crippen molar-refractivity contribution in [2.45, 2.75) is 51.9 Å². The lowest BCUT2D eigenvalue weighted by Gasteiger charge is -2.35. The van der Waals surface area contributed by atoms with E-state index in [-0.39, 0.29) is 19.0 Å². The van der Waals surface area contributed by atoms with Gasteiger partial charge in [-0.25, -0.2) is 14.6 Å². The van der Waals surface area contributed by atoms with Crippen molar-refractivity contribution in [1.29, 1.82) is 0 Å². The molecule has 2 amide bonds. The summed E-state index contributed by atoms with van der Waals surface area (Å²) in [4.78, 5) is 30.1. The maximum absolute atomic E-state index is 12.7. The number of fused-ring (bicyclic) bond motifs is 1. The molecule has 0 aliphatic carbocycles. The third-order valence-electron chi connectivity index (χ3n) is 4.34. The highest BCUT2D eigenvalue weighted by atomic mass is 16.4. The first-order chi connectivity index (χ1) is 12.2. The van der Waals surface area contributed by atoms with Gasteiger partial charge >= 0.3 is 12.0 Å². The van der Waals surface area contributed by atoms with Crippen LogP contribution in [0.1, 0.15) is 37.7 Å². The smallest absolute Gasteiger partial charge is 0.326 e. The Morgan fingerprint density at radius 1 is 1.27 bits per heavy atom. The van der Waals surface area contributed by atoms with Gasteiger partial charge in [-0.1, -0.05) is 30.3 Å². The molecule has 0 fully saturated rings. The highest BCUT2D eigenvalue weighted by Crippen LogP contribution is 2.24. The zero-order chi connectivity index (χ0) is 18.9. The number of amides is 2. The normalized spacial score (nSPS) is 16.9. The van der Waals surface area contributed by atoms with Gasteiger partial charge in [0.1, 0.15) is 6.04 Å². The molecular formula is C19H24N4O3. The number of nitrogens with one attached hydrogen (secondary N) is 1. The summed E-state index contributed by atoms with van der Waals surface area (Å²) in [6, 6.07) is 8.68. The van der Waals surface area contributed by atoms with Gasteiger partial charge in [-0.15, -0.1) is 0 Å². The first kappa shape index (κ1) is 18.0. The lowest BCUT2D eigenvalue weighted by molar-refractivity contribution is -0.142. The third kappa shape index (κ3) is 3.87. The summed E-state index contributed by atoms with van der Waals surface area (Å²) >= 11 is 0. The van der Waals surface area contributed by atoms with Crippen molar-refractivity contribution < 1.29 is 14.7 Å². The summed E-state index contributed by atoms with van der Waals surface area (Å²) in [5.74, 6) is -1.02. The SMILES string of the molecule is CC(C)(C)NC(=O)N1Cc2c(ncn2Cc2ccccc2)C[C@H]1C(=O)O. The Hall–Kier alpha value is -2.83. The number of carboxylic acid groups (broad SMARTS) is 1. The Morgan fingerprint density at radius 2 is 1.96 bits per heavy atom. The molecule has 0 saturated heterocycles. The number of carbonyl (C=O) groups is 2. The summed E-state index contributed by atoms with van der Waals surface area (Å²) in [7, 11) is 0. The highest BCUT2D eigenvalue weighted by Gasteiger charge is 2.37. The largest absolute Gasteiger partial charge is 0.480 e. The number of nitrogens with zero attached hydrogens (tertiary/aromatic N) is 3.